The molecular weight excluding hydrogens is 230 g/mol. The fourth-order valence-electron chi connectivity index (χ4n) is 1.96. The molecule has 0 radical (unpaired) electrons. The molecule has 0 saturated carbocycles. The zero-order valence-corrected chi connectivity index (χ0v) is 10.8. The second kappa shape index (κ2) is 4.40. The molecule has 1 aliphatic heterocycles. The van der Waals surface area contributed by atoms with Crippen molar-refractivity contribution in [3.63, 3.8) is 0 Å². The van der Waals surface area contributed by atoms with Crippen LogP contribution in [0.2, 0.25) is 0 Å². The molecular formula is C13H17N3O2. The monoisotopic (exact) mass is 247 g/mol. The van der Waals surface area contributed by atoms with Crippen LogP contribution in [0, 0.1) is 5.41 Å². The van der Waals surface area contributed by atoms with Gasteiger partial charge in [0.25, 0.3) is 5.91 Å². The van der Waals surface area contributed by atoms with Crippen molar-refractivity contribution in [2.24, 2.45) is 5.41 Å². The lowest BCUT2D eigenvalue weighted by molar-refractivity contribution is -0.133. The first-order valence-corrected chi connectivity index (χ1v) is 5.90. The van der Waals surface area contributed by atoms with E-state index in [-0.39, 0.29) is 23.8 Å². The third-order valence-corrected chi connectivity index (χ3v) is 2.94. The Morgan fingerprint density at radius 2 is 2.11 bits per heavy atom. The van der Waals surface area contributed by atoms with Crippen molar-refractivity contribution in [1.82, 2.24) is 10.3 Å². The lowest BCUT2D eigenvalue weighted by atomic mass is 9.84. The van der Waals surface area contributed by atoms with Gasteiger partial charge in [-0.2, -0.15) is 0 Å². The quantitative estimate of drug-likeness (QED) is 0.804. The minimum atomic E-state index is -0.501. The van der Waals surface area contributed by atoms with E-state index < -0.39 is 6.04 Å². The van der Waals surface area contributed by atoms with Gasteiger partial charge in [0, 0.05) is 6.20 Å². The fourth-order valence-corrected chi connectivity index (χ4v) is 1.96. The third kappa shape index (κ3) is 2.34. The molecule has 0 aliphatic carbocycles. The Hall–Kier alpha value is -1.91. The summed E-state index contributed by atoms with van der Waals surface area (Å²) >= 11 is 0. The Morgan fingerprint density at radius 3 is 2.67 bits per heavy atom. The molecule has 1 unspecified atom stereocenters. The Morgan fingerprint density at radius 1 is 1.39 bits per heavy atom. The van der Waals surface area contributed by atoms with E-state index in [1.54, 1.807) is 24.5 Å². The number of aromatic nitrogens is 1. The Labute approximate surface area is 106 Å². The average Bonchev–Trinajstić information content (AvgIpc) is 2.31. The van der Waals surface area contributed by atoms with E-state index in [0.29, 0.717) is 5.69 Å². The summed E-state index contributed by atoms with van der Waals surface area (Å²) in [6.45, 7) is 5.85. The smallest absolute Gasteiger partial charge is 0.250 e. The molecule has 5 nitrogen and oxygen atoms in total. The SMILES string of the molecule is CC(C)(C)C1NC(=O)CN(c2cccnc2)C1=O. The summed E-state index contributed by atoms with van der Waals surface area (Å²) in [6, 6.07) is 3.03. The summed E-state index contributed by atoms with van der Waals surface area (Å²) < 4.78 is 0. The van der Waals surface area contributed by atoms with E-state index in [0.717, 1.165) is 0 Å². The normalized spacial score (nSPS) is 20.8. The van der Waals surface area contributed by atoms with Gasteiger partial charge in [0.2, 0.25) is 5.91 Å². The van der Waals surface area contributed by atoms with Crippen molar-refractivity contribution in [2.45, 2.75) is 26.8 Å². The highest BCUT2D eigenvalue weighted by molar-refractivity contribution is 6.06. The van der Waals surface area contributed by atoms with Crippen LogP contribution in [0.5, 0.6) is 0 Å². The van der Waals surface area contributed by atoms with Crippen LogP contribution in [0.15, 0.2) is 24.5 Å². The van der Waals surface area contributed by atoms with Crippen molar-refractivity contribution in [3.05, 3.63) is 24.5 Å². The first-order chi connectivity index (χ1) is 8.39. The summed E-state index contributed by atoms with van der Waals surface area (Å²) in [5, 5.41) is 2.76. The van der Waals surface area contributed by atoms with Gasteiger partial charge in [-0.1, -0.05) is 20.8 Å². The molecule has 1 aromatic heterocycles. The second-order valence-electron chi connectivity index (χ2n) is 5.50. The number of pyridine rings is 1. The predicted molar refractivity (Wildman–Crippen MR) is 68.0 cm³/mol. The van der Waals surface area contributed by atoms with Crippen molar-refractivity contribution < 1.29 is 9.59 Å². The first kappa shape index (κ1) is 12.5. The highest BCUT2D eigenvalue weighted by Crippen LogP contribution is 2.25. The summed E-state index contributed by atoms with van der Waals surface area (Å²) in [4.78, 5) is 29.6. The van der Waals surface area contributed by atoms with Crippen molar-refractivity contribution >= 4 is 17.5 Å². The molecule has 1 fully saturated rings. The van der Waals surface area contributed by atoms with E-state index >= 15 is 0 Å². The van der Waals surface area contributed by atoms with Crippen LogP contribution in [0.25, 0.3) is 0 Å². The van der Waals surface area contributed by atoms with Crippen molar-refractivity contribution in [1.29, 1.82) is 0 Å². The van der Waals surface area contributed by atoms with Crippen LogP contribution in [0.3, 0.4) is 0 Å². The maximum absolute atomic E-state index is 12.4. The average molecular weight is 247 g/mol. The lowest BCUT2D eigenvalue weighted by Crippen LogP contribution is -2.62. The number of piperazine rings is 1. The number of hydrogen-bond donors (Lipinski definition) is 1. The molecule has 0 spiro atoms. The minimum Gasteiger partial charge on any atom is -0.342 e. The highest BCUT2D eigenvalue weighted by atomic mass is 16.2. The summed E-state index contributed by atoms with van der Waals surface area (Å²) in [7, 11) is 0. The minimum absolute atomic E-state index is 0.0527. The summed E-state index contributed by atoms with van der Waals surface area (Å²) in [6.07, 6.45) is 3.23. The first-order valence-electron chi connectivity index (χ1n) is 5.90. The van der Waals surface area contributed by atoms with Gasteiger partial charge in [0.05, 0.1) is 11.9 Å². The molecule has 1 aromatic rings. The van der Waals surface area contributed by atoms with Gasteiger partial charge < -0.3 is 5.32 Å². The Kier molecular flexibility index (Phi) is 3.07. The lowest BCUT2D eigenvalue weighted by Gasteiger charge is -2.38. The number of rotatable bonds is 1. The van der Waals surface area contributed by atoms with Crippen molar-refractivity contribution in [2.75, 3.05) is 11.4 Å². The molecule has 2 rings (SSSR count). The molecule has 5 heteroatoms. The number of nitrogens with one attached hydrogen (secondary N) is 1. The van der Waals surface area contributed by atoms with Gasteiger partial charge >= 0.3 is 0 Å². The number of anilines is 1. The van der Waals surface area contributed by atoms with E-state index in [9.17, 15) is 9.59 Å². The van der Waals surface area contributed by atoms with Crippen molar-refractivity contribution in [3.8, 4) is 0 Å². The van der Waals surface area contributed by atoms with E-state index in [1.807, 2.05) is 20.8 Å². The van der Waals surface area contributed by atoms with Crippen LogP contribution >= 0.6 is 0 Å². The topological polar surface area (TPSA) is 62.3 Å². The van der Waals surface area contributed by atoms with Crippen LogP contribution < -0.4 is 10.2 Å². The number of carbonyl (C=O) groups is 2. The van der Waals surface area contributed by atoms with Gasteiger partial charge in [-0.25, -0.2) is 0 Å². The summed E-state index contributed by atoms with van der Waals surface area (Å²) in [5.41, 5.74) is 0.347. The number of carbonyl (C=O) groups excluding carboxylic acids is 2. The van der Waals surface area contributed by atoms with Crippen LogP contribution in [-0.4, -0.2) is 29.4 Å². The maximum Gasteiger partial charge on any atom is 0.250 e. The van der Waals surface area contributed by atoms with E-state index in [4.69, 9.17) is 0 Å². The van der Waals surface area contributed by atoms with Gasteiger partial charge in [-0.05, 0) is 17.5 Å². The second-order valence-corrected chi connectivity index (χ2v) is 5.50. The zero-order chi connectivity index (χ0) is 13.3. The molecule has 1 aliphatic rings. The zero-order valence-electron chi connectivity index (χ0n) is 10.8. The number of hydrogen-bond acceptors (Lipinski definition) is 3. The Bertz CT molecular complexity index is 465. The molecule has 2 amide bonds. The van der Waals surface area contributed by atoms with Crippen LogP contribution in [-0.2, 0) is 9.59 Å². The van der Waals surface area contributed by atoms with E-state index in [2.05, 4.69) is 10.3 Å². The molecule has 1 saturated heterocycles. The molecule has 1 atom stereocenters. The molecule has 1 N–H and O–H groups in total. The maximum atomic E-state index is 12.4. The molecule has 18 heavy (non-hydrogen) atoms. The standard InChI is InChI=1S/C13H17N3O2/c1-13(2,3)11-12(18)16(8-10(17)15-11)9-5-4-6-14-7-9/h4-7,11H,8H2,1-3H3,(H,15,17). The third-order valence-electron chi connectivity index (χ3n) is 2.94. The fraction of sp³-hybridized carbons (Fsp3) is 0.462. The highest BCUT2D eigenvalue weighted by Gasteiger charge is 2.40. The molecule has 0 aromatic carbocycles. The summed E-state index contributed by atoms with van der Waals surface area (Å²) in [5.74, 6) is -0.228. The number of amides is 2. The molecule has 0 bridgehead atoms. The van der Waals surface area contributed by atoms with Gasteiger partial charge in [0.15, 0.2) is 0 Å². The predicted octanol–water partition coefficient (Wildman–Crippen LogP) is 0.959. The Balaban J connectivity index is 2.32. The number of nitrogens with zero attached hydrogens (tertiary/aromatic N) is 2. The van der Waals surface area contributed by atoms with Gasteiger partial charge in [-0.15, -0.1) is 0 Å². The van der Waals surface area contributed by atoms with Crippen LogP contribution in [0.4, 0.5) is 5.69 Å². The van der Waals surface area contributed by atoms with Gasteiger partial charge in [-0.3, -0.25) is 19.5 Å². The van der Waals surface area contributed by atoms with Crippen LogP contribution in [0.1, 0.15) is 20.8 Å². The largest absolute Gasteiger partial charge is 0.342 e. The van der Waals surface area contributed by atoms with E-state index in [1.165, 1.54) is 4.90 Å². The molecule has 2 heterocycles. The van der Waals surface area contributed by atoms with Gasteiger partial charge in [0.1, 0.15) is 12.6 Å². The molecule has 96 valence electrons.